The fourth-order valence-electron chi connectivity index (χ4n) is 6.41. The highest BCUT2D eigenvalue weighted by Crippen LogP contribution is 2.75. The Bertz CT molecular complexity index is 1240. The van der Waals surface area contributed by atoms with Gasteiger partial charge in [-0.3, -0.25) is 4.90 Å². The molecule has 32 heavy (non-hydrogen) atoms. The van der Waals surface area contributed by atoms with Crippen LogP contribution in [0.25, 0.3) is 16.7 Å². The van der Waals surface area contributed by atoms with Gasteiger partial charge in [-0.1, -0.05) is 12.1 Å². The largest absolute Gasteiger partial charge is 0.378 e. The van der Waals surface area contributed by atoms with Crippen LogP contribution < -0.4 is 4.90 Å². The van der Waals surface area contributed by atoms with Gasteiger partial charge in [-0.05, 0) is 49.1 Å². The van der Waals surface area contributed by atoms with Gasteiger partial charge in [-0.15, -0.1) is 0 Å². The molecule has 1 aromatic carbocycles. The molecule has 3 saturated heterocycles. The van der Waals surface area contributed by atoms with Crippen molar-refractivity contribution in [3.8, 4) is 5.82 Å². The third kappa shape index (κ3) is 2.52. The summed E-state index contributed by atoms with van der Waals surface area (Å²) in [5, 5.41) is 5.89. The zero-order chi connectivity index (χ0) is 21.1. The minimum atomic E-state index is 0.449. The minimum absolute atomic E-state index is 0.449. The Balaban J connectivity index is 1.06. The van der Waals surface area contributed by atoms with Crippen LogP contribution in [0, 0.1) is 17.8 Å². The van der Waals surface area contributed by atoms with Gasteiger partial charge in [0.15, 0.2) is 5.82 Å². The normalized spacial score (nSPS) is 27.4. The topological polar surface area (TPSA) is 59.3 Å². The van der Waals surface area contributed by atoms with E-state index in [1.165, 1.54) is 43.3 Å². The fourth-order valence-corrected chi connectivity index (χ4v) is 6.41. The van der Waals surface area contributed by atoms with Gasteiger partial charge in [0.2, 0.25) is 0 Å². The summed E-state index contributed by atoms with van der Waals surface area (Å²) in [4.78, 5) is 14.5. The summed E-state index contributed by atoms with van der Waals surface area (Å²) in [5.41, 5.74) is 3.74. The summed E-state index contributed by atoms with van der Waals surface area (Å²) in [5.74, 6) is 3.46. The quantitative estimate of drug-likeness (QED) is 0.637. The number of anilines is 1. The first kappa shape index (κ1) is 18.0. The first-order valence-electron chi connectivity index (χ1n) is 12.0. The van der Waals surface area contributed by atoms with Crippen molar-refractivity contribution in [2.75, 3.05) is 44.3 Å². The molecule has 0 radical (unpaired) electrons. The summed E-state index contributed by atoms with van der Waals surface area (Å²) >= 11 is 0. The van der Waals surface area contributed by atoms with Gasteiger partial charge < -0.3 is 9.64 Å². The molecule has 0 N–H and O–H groups in total. The van der Waals surface area contributed by atoms with E-state index in [0.29, 0.717) is 16.9 Å². The Labute approximate surface area is 187 Å². The molecule has 8 rings (SSSR count). The summed E-state index contributed by atoms with van der Waals surface area (Å²) in [6, 6.07) is 9.66. The van der Waals surface area contributed by atoms with Crippen molar-refractivity contribution in [1.82, 2.24) is 24.6 Å². The number of aryl methyl sites for hydroxylation is 1. The highest BCUT2D eigenvalue weighted by molar-refractivity contribution is 5.81. The predicted molar refractivity (Wildman–Crippen MR) is 121 cm³/mol. The molecule has 1 atom stereocenters. The van der Waals surface area contributed by atoms with Gasteiger partial charge in [0.1, 0.15) is 11.6 Å². The number of nitrogens with zero attached hydrogens (tertiary/aromatic N) is 6. The average Bonchev–Trinajstić information content (AvgIpc) is 3.58. The number of benzene rings is 1. The van der Waals surface area contributed by atoms with E-state index in [-0.39, 0.29) is 0 Å². The lowest BCUT2D eigenvalue weighted by Gasteiger charge is -2.63. The molecule has 2 aliphatic carbocycles. The lowest BCUT2D eigenvalue weighted by Crippen LogP contribution is -2.75. The monoisotopic (exact) mass is 428 g/mol. The molecular weight excluding hydrogens is 400 g/mol. The maximum Gasteiger partial charge on any atom is 0.159 e. The molecular formula is C25H28N6O. The van der Waals surface area contributed by atoms with Gasteiger partial charge in [-0.25, -0.2) is 14.6 Å². The maximum atomic E-state index is 5.35. The van der Waals surface area contributed by atoms with Crippen molar-refractivity contribution in [3.63, 3.8) is 0 Å². The van der Waals surface area contributed by atoms with Crippen LogP contribution in [0.5, 0.6) is 0 Å². The number of aromatic nitrogens is 4. The summed E-state index contributed by atoms with van der Waals surface area (Å²) in [6.45, 7) is 8.38. The zero-order valence-electron chi connectivity index (χ0n) is 18.5. The molecule has 0 amide bonds. The van der Waals surface area contributed by atoms with Crippen LogP contribution in [0.15, 0.2) is 30.5 Å². The maximum absolute atomic E-state index is 5.35. The van der Waals surface area contributed by atoms with E-state index in [9.17, 15) is 0 Å². The van der Waals surface area contributed by atoms with Crippen molar-refractivity contribution in [3.05, 3.63) is 41.9 Å². The number of rotatable bonds is 4. The van der Waals surface area contributed by atoms with Gasteiger partial charge in [0.25, 0.3) is 0 Å². The van der Waals surface area contributed by atoms with Crippen LogP contribution >= 0.6 is 0 Å². The molecule has 7 nitrogen and oxygen atoms in total. The Kier molecular flexibility index (Phi) is 3.31. The molecule has 5 aliphatic rings. The lowest BCUT2D eigenvalue weighted by atomic mass is 9.72. The molecule has 5 fully saturated rings. The number of hydrogen-bond donors (Lipinski definition) is 0. The number of hydrogen-bond acceptors (Lipinski definition) is 6. The van der Waals surface area contributed by atoms with E-state index in [2.05, 4.69) is 34.1 Å². The van der Waals surface area contributed by atoms with E-state index in [4.69, 9.17) is 19.8 Å². The number of fused-ring (bicyclic) bond motifs is 1. The van der Waals surface area contributed by atoms with E-state index in [1.54, 1.807) is 0 Å². The molecule has 0 bridgehead atoms. The van der Waals surface area contributed by atoms with E-state index in [1.807, 2.05) is 17.8 Å². The second-order valence-electron chi connectivity index (χ2n) is 11.1. The molecule has 7 heteroatoms. The Morgan fingerprint density at radius 3 is 2.53 bits per heavy atom. The van der Waals surface area contributed by atoms with Crippen LogP contribution in [-0.4, -0.2) is 70.1 Å². The fraction of sp³-hybridized carbons (Fsp3) is 0.560. The third-order valence-electron chi connectivity index (χ3n) is 8.70. The van der Waals surface area contributed by atoms with Crippen LogP contribution in [0.4, 0.5) is 5.82 Å². The van der Waals surface area contributed by atoms with Gasteiger partial charge in [0.05, 0.1) is 31.0 Å². The number of likely N-dealkylation sites (tertiary alicyclic amines) is 1. The first-order chi connectivity index (χ1) is 15.6. The molecule has 2 aromatic heterocycles. The highest BCUT2D eigenvalue weighted by Gasteiger charge is 2.63. The molecule has 1 unspecified atom stereocenters. The second kappa shape index (κ2) is 5.88. The average molecular weight is 429 g/mol. The molecule has 164 valence electrons. The van der Waals surface area contributed by atoms with Crippen LogP contribution in [0.1, 0.15) is 36.6 Å². The van der Waals surface area contributed by atoms with Gasteiger partial charge >= 0.3 is 0 Å². The summed E-state index contributed by atoms with van der Waals surface area (Å²) in [7, 11) is 0. The second-order valence-corrected chi connectivity index (χ2v) is 11.1. The van der Waals surface area contributed by atoms with Crippen molar-refractivity contribution < 1.29 is 4.74 Å². The van der Waals surface area contributed by atoms with E-state index in [0.717, 1.165) is 55.2 Å². The lowest BCUT2D eigenvalue weighted by molar-refractivity contribution is -0.137. The molecule has 3 aliphatic heterocycles. The Morgan fingerprint density at radius 2 is 1.81 bits per heavy atom. The number of ether oxygens (including phenoxy) is 1. The molecule has 5 heterocycles. The van der Waals surface area contributed by atoms with Gasteiger partial charge in [0, 0.05) is 43.0 Å². The highest BCUT2D eigenvalue weighted by atomic mass is 16.5. The van der Waals surface area contributed by atoms with Crippen LogP contribution in [0.2, 0.25) is 0 Å². The summed E-state index contributed by atoms with van der Waals surface area (Å²) in [6.07, 6.45) is 6.15. The Morgan fingerprint density at radius 1 is 1.00 bits per heavy atom. The molecule has 2 spiro atoms. The van der Waals surface area contributed by atoms with Crippen molar-refractivity contribution in [1.29, 1.82) is 0 Å². The standard InChI is InChI=1S/C25H28N6O/c1-16-27-22(30-14-24(15-30)12-29(13-24)19-10-32-11-19)7-23(28-16)31-21-6-17(2-3-18(21)9-26-31)20-8-25(20)4-5-25/h2-3,6-7,9,19-20H,4-5,8,10-15H2,1H3. The SMILES string of the molecule is Cc1nc(N2CC3(C2)CN(C2COC2)C3)cc(-n2ncc3ccc(C4CC45CC5)cc32)n1. The van der Waals surface area contributed by atoms with E-state index < -0.39 is 0 Å². The smallest absolute Gasteiger partial charge is 0.159 e. The van der Waals surface area contributed by atoms with Crippen molar-refractivity contribution in [2.24, 2.45) is 10.8 Å². The van der Waals surface area contributed by atoms with E-state index >= 15 is 0 Å². The van der Waals surface area contributed by atoms with Crippen LogP contribution in [-0.2, 0) is 4.74 Å². The van der Waals surface area contributed by atoms with Gasteiger partial charge in [-0.2, -0.15) is 5.10 Å². The predicted octanol–water partition coefficient (Wildman–Crippen LogP) is 2.91. The minimum Gasteiger partial charge on any atom is -0.378 e. The summed E-state index contributed by atoms with van der Waals surface area (Å²) < 4.78 is 7.36. The van der Waals surface area contributed by atoms with Crippen molar-refractivity contribution >= 4 is 16.7 Å². The van der Waals surface area contributed by atoms with Crippen molar-refractivity contribution in [2.45, 2.75) is 38.1 Å². The van der Waals surface area contributed by atoms with Crippen LogP contribution in [0.3, 0.4) is 0 Å². The Hall–Kier alpha value is -2.51. The zero-order valence-corrected chi connectivity index (χ0v) is 18.5. The third-order valence-corrected chi connectivity index (χ3v) is 8.70. The molecule has 3 aromatic rings. The molecule has 2 saturated carbocycles. The first-order valence-corrected chi connectivity index (χ1v) is 12.0.